The van der Waals surface area contributed by atoms with E-state index in [1.807, 2.05) is 24.3 Å². The van der Waals surface area contributed by atoms with E-state index in [0.29, 0.717) is 41.1 Å². The second-order valence-electron chi connectivity index (χ2n) is 9.87. The van der Waals surface area contributed by atoms with Gasteiger partial charge in [-0.2, -0.15) is 13.2 Å². The van der Waals surface area contributed by atoms with Crippen LogP contribution in [0.2, 0.25) is 0 Å². The first-order valence-electron chi connectivity index (χ1n) is 12.5. The van der Waals surface area contributed by atoms with Gasteiger partial charge in [0.1, 0.15) is 17.2 Å². The Balaban J connectivity index is 1.24. The lowest BCUT2D eigenvalue weighted by molar-refractivity contribution is -0.137. The minimum Gasteiger partial charge on any atom is -0.496 e. The van der Waals surface area contributed by atoms with Gasteiger partial charge in [0, 0.05) is 53.2 Å². The first-order chi connectivity index (χ1) is 18.7. The SMILES string of the molecule is COc1cc(C(=O)O)nc2ccc(N3CC(C=Cc4c(-c5ccccc5C(F)(F)F)noc4C4CC4)C3)cc12. The summed E-state index contributed by atoms with van der Waals surface area (Å²) in [5.74, 6) is 0.319. The molecule has 1 saturated heterocycles. The molecular weight excluding hydrogens is 511 g/mol. The predicted octanol–water partition coefficient (Wildman–Crippen LogP) is 6.64. The maximum Gasteiger partial charge on any atom is 0.417 e. The Bertz CT molecular complexity index is 1600. The van der Waals surface area contributed by atoms with E-state index < -0.39 is 17.7 Å². The molecule has 39 heavy (non-hydrogen) atoms. The second-order valence-corrected chi connectivity index (χ2v) is 9.87. The van der Waals surface area contributed by atoms with Gasteiger partial charge in [-0.25, -0.2) is 9.78 Å². The number of methoxy groups -OCH3 is 1. The molecule has 3 heterocycles. The van der Waals surface area contributed by atoms with E-state index in [9.17, 15) is 23.1 Å². The van der Waals surface area contributed by atoms with E-state index in [0.717, 1.165) is 24.6 Å². The van der Waals surface area contributed by atoms with Gasteiger partial charge < -0.3 is 19.3 Å². The molecule has 0 atom stereocenters. The molecular formula is C29H24F3N3O4. The van der Waals surface area contributed by atoms with Gasteiger partial charge in [0.25, 0.3) is 0 Å². The van der Waals surface area contributed by atoms with Crippen molar-refractivity contribution in [2.75, 3.05) is 25.1 Å². The zero-order valence-corrected chi connectivity index (χ0v) is 20.9. The number of nitrogens with zero attached hydrogens (tertiary/aromatic N) is 3. The minimum absolute atomic E-state index is 0.0142. The van der Waals surface area contributed by atoms with Crippen molar-refractivity contribution in [3.63, 3.8) is 0 Å². The number of ether oxygens (including phenoxy) is 1. The number of aromatic carboxylic acids is 1. The summed E-state index contributed by atoms with van der Waals surface area (Å²) < 4.78 is 52.1. The fraction of sp³-hybridized carbons (Fsp3) is 0.276. The monoisotopic (exact) mass is 535 g/mol. The molecule has 1 aliphatic heterocycles. The fourth-order valence-electron chi connectivity index (χ4n) is 4.98. The highest BCUT2D eigenvalue weighted by Crippen LogP contribution is 2.46. The van der Waals surface area contributed by atoms with Crippen molar-refractivity contribution < 1.29 is 32.3 Å². The fourth-order valence-corrected chi connectivity index (χ4v) is 4.98. The van der Waals surface area contributed by atoms with Crippen LogP contribution in [0.5, 0.6) is 5.75 Å². The summed E-state index contributed by atoms with van der Waals surface area (Å²) in [5.41, 5.74) is 1.49. The molecule has 7 nitrogen and oxygen atoms in total. The zero-order chi connectivity index (χ0) is 27.3. The lowest BCUT2D eigenvalue weighted by atomic mass is 9.95. The first-order valence-corrected chi connectivity index (χ1v) is 12.5. The number of hydrogen-bond donors (Lipinski definition) is 1. The number of carboxylic acid groups (broad SMARTS) is 1. The van der Waals surface area contributed by atoms with Crippen LogP contribution in [0.15, 0.2) is 59.1 Å². The number of aromatic nitrogens is 2. The molecule has 1 aliphatic carbocycles. The van der Waals surface area contributed by atoms with Crippen molar-refractivity contribution in [3.05, 3.63) is 77.2 Å². The molecule has 0 radical (unpaired) electrons. The largest absolute Gasteiger partial charge is 0.496 e. The number of rotatable bonds is 7. The number of hydrogen-bond acceptors (Lipinski definition) is 6. The Labute approximate surface area is 221 Å². The maximum atomic E-state index is 13.7. The second kappa shape index (κ2) is 9.44. The molecule has 10 heteroatoms. The molecule has 0 unspecified atom stereocenters. The van der Waals surface area contributed by atoms with E-state index in [1.165, 1.54) is 25.3 Å². The number of anilines is 1. The summed E-state index contributed by atoms with van der Waals surface area (Å²) in [5, 5.41) is 14.1. The highest BCUT2D eigenvalue weighted by atomic mass is 19.4. The van der Waals surface area contributed by atoms with Crippen LogP contribution in [-0.2, 0) is 6.18 Å². The van der Waals surface area contributed by atoms with Crippen LogP contribution in [0, 0.1) is 5.92 Å². The molecule has 1 N–H and O–H groups in total. The Kier molecular flexibility index (Phi) is 6.05. The number of carbonyl (C=O) groups is 1. The number of fused-ring (bicyclic) bond motifs is 1. The summed E-state index contributed by atoms with van der Waals surface area (Å²) in [6, 6.07) is 12.4. The molecule has 2 aromatic heterocycles. The summed E-state index contributed by atoms with van der Waals surface area (Å²) in [6.45, 7) is 1.42. The highest BCUT2D eigenvalue weighted by molar-refractivity contribution is 5.94. The van der Waals surface area contributed by atoms with Crippen LogP contribution in [0.25, 0.3) is 28.2 Å². The maximum absolute atomic E-state index is 13.7. The third-order valence-electron chi connectivity index (χ3n) is 7.19. The van der Waals surface area contributed by atoms with Gasteiger partial charge in [-0.1, -0.05) is 35.5 Å². The average Bonchev–Trinajstić information content (AvgIpc) is 3.65. The molecule has 4 aromatic rings. The highest BCUT2D eigenvalue weighted by Gasteiger charge is 2.37. The predicted molar refractivity (Wildman–Crippen MR) is 139 cm³/mol. The van der Waals surface area contributed by atoms with Crippen molar-refractivity contribution in [2.45, 2.75) is 24.9 Å². The molecule has 0 bridgehead atoms. The summed E-state index contributed by atoms with van der Waals surface area (Å²) >= 11 is 0. The molecule has 1 saturated carbocycles. The van der Waals surface area contributed by atoms with E-state index in [4.69, 9.17) is 9.26 Å². The quantitative estimate of drug-likeness (QED) is 0.284. The lowest BCUT2D eigenvalue weighted by Crippen LogP contribution is -2.45. The van der Waals surface area contributed by atoms with Gasteiger partial charge in [0.15, 0.2) is 5.69 Å². The molecule has 0 spiro atoms. The summed E-state index contributed by atoms with van der Waals surface area (Å²) in [6.07, 6.45) is 1.23. The summed E-state index contributed by atoms with van der Waals surface area (Å²) in [7, 11) is 1.49. The van der Waals surface area contributed by atoms with Gasteiger partial charge >= 0.3 is 12.1 Å². The van der Waals surface area contributed by atoms with Gasteiger partial charge in [-0.3, -0.25) is 0 Å². The van der Waals surface area contributed by atoms with Crippen molar-refractivity contribution in [1.29, 1.82) is 0 Å². The van der Waals surface area contributed by atoms with Crippen molar-refractivity contribution >= 4 is 28.6 Å². The summed E-state index contributed by atoms with van der Waals surface area (Å²) in [4.78, 5) is 17.7. The van der Waals surface area contributed by atoms with E-state index in [2.05, 4.69) is 15.0 Å². The Hall–Kier alpha value is -4.34. The topological polar surface area (TPSA) is 88.7 Å². The van der Waals surface area contributed by atoms with Gasteiger partial charge in [-0.15, -0.1) is 0 Å². The third kappa shape index (κ3) is 4.71. The Morgan fingerprint density at radius 3 is 2.62 bits per heavy atom. The van der Waals surface area contributed by atoms with E-state index in [-0.39, 0.29) is 28.8 Å². The number of pyridine rings is 1. The van der Waals surface area contributed by atoms with Crippen LogP contribution in [0.4, 0.5) is 18.9 Å². The van der Waals surface area contributed by atoms with Crippen molar-refractivity contribution in [2.24, 2.45) is 5.92 Å². The molecule has 2 aliphatic rings. The number of carboxylic acids is 1. The van der Waals surface area contributed by atoms with Crippen LogP contribution >= 0.6 is 0 Å². The van der Waals surface area contributed by atoms with Gasteiger partial charge in [0.2, 0.25) is 0 Å². The third-order valence-corrected chi connectivity index (χ3v) is 7.19. The standard InChI is InChI=1S/C29H24F3N3O4/c1-38-25-13-24(28(36)37)33-23-11-9-18(12-21(23)25)35-14-16(15-35)6-10-20-26(34-39-27(20)17-7-8-17)19-4-2-3-5-22(19)29(30,31)32/h2-6,9-13,16-17H,7-8,14-15H2,1H3,(H,36,37). The Morgan fingerprint density at radius 1 is 1.15 bits per heavy atom. The van der Waals surface area contributed by atoms with Crippen LogP contribution < -0.4 is 9.64 Å². The van der Waals surface area contributed by atoms with Crippen molar-refractivity contribution in [3.8, 4) is 17.0 Å². The van der Waals surface area contributed by atoms with Crippen molar-refractivity contribution in [1.82, 2.24) is 10.1 Å². The molecule has 200 valence electrons. The molecule has 2 aromatic carbocycles. The van der Waals surface area contributed by atoms with E-state index >= 15 is 0 Å². The molecule has 0 amide bonds. The molecule has 6 rings (SSSR count). The minimum atomic E-state index is -4.50. The Morgan fingerprint density at radius 2 is 1.92 bits per heavy atom. The van der Waals surface area contributed by atoms with Crippen LogP contribution in [0.3, 0.4) is 0 Å². The van der Waals surface area contributed by atoms with Crippen LogP contribution in [0.1, 0.15) is 46.1 Å². The van der Waals surface area contributed by atoms with Crippen LogP contribution in [-0.4, -0.2) is 41.4 Å². The van der Waals surface area contributed by atoms with E-state index in [1.54, 1.807) is 12.1 Å². The van der Waals surface area contributed by atoms with Gasteiger partial charge in [0.05, 0.1) is 18.2 Å². The average molecular weight is 536 g/mol. The zero-order valence-electron chi connectivity index (χ0n) is 20.9. The molecule has 2 fully saturated rings. The number of benzene rings is 2. The van der Waals surface area contributed by atoms with Gasteiger partial charge in [-0.05, 0) is 37.1 Å². The normalized spacial score (nSPS) is 16.2. The number of halogens is 3. The first kappa shape index (κ1) is 25.0. The number of alkyl halides is 3. The smallest absolute Gasteiger partial charge is 0.417 e. The lowest BCUT2D eigenvalue weighted by Gasteiger charge is -2.39.